The molecule has 0 bridgehead atoms. The molecule has 0 radical (unpaired) electrons. The Morgan fingerprint density at radius 3 is 2.75 bits per heavy atom. The molecular formula is C14H15N5O4S. The Kier molecular flexibility index (Phi) is 3.70. The summed E-state index contributed by atoms with van der Waals surface area (Å²) < 4.78 is 7.19. The number of thiazole rings is 1. The van der Waals surface area contributed by atoms with Crippen LogP contribution in [-0.2, 0) is 4.74 Å². The molecule has 0 spiro atoms. The molecule has 0 aromatic carbocycles. The van der Waals surface area contributed by atoms with Gasteiger partial charge >= 0.3 is 0 Å². The highest BCUT2D eigenvalue weighted by atomic mass is 32.1. The summed E-state index contributed by atoms with van der Waals surface area (Å²) in [6.45, 7) is -0.398. The Bertz CT molecular complexity index is 868. The summed E-state index contributed by atoms with van der Waals surface area (Å²) in [6.07, 6.45) is 0.539. The van der Waals surface area contributed by atoms with Gasteiger partial charge in [-0.05, 0) is 0 Å². The SMILES string of the molecule is Nc1ncnc2c1c(-c1nccs1)cn2[C@@H]1O[C@H](CO)C(O)C1O. The van der Waals surface area contributed by atoms with E-state index in [1.807, 2.05) is 5.38 Å². The van der Waals surface area contributed by atoms with E-state index < -0.39 is 31.1 Å². The predicted molar refractivity (Wildman–Crippen MR) is 86.1 cm³/mol. The molecule has 10 heteroatoms. The number of ether oxygens (including phenoxy) is 1. The molecule has 0 saturated carbocycles. The van der Waals surface area contributed by atoms with E-state index in [4.69, 9.17) is 10.5 Å². The lowest BCUT2D eigenvalue weighted by atomic mass is 10.1. The highest BCUT2D eigenvalue weighted by molar-refractivity contribution is 7.13. The number of nitrogen functional groups attached to an aromatic ring is 1. The Balaban J connectivity index is 1.90. The van der Waals surface area contributed by atoms with Gasteiger partial charge in [-0.3, -0.25) is 0 Å². The molecule has 3 aromatic heterocycles. The van der Waals surface area contributed by atoms with Gasteiger partial charge in [0.1, 0.15) is 41.1 Å². The number of aliphatic hydroxyl groups excluding tert-OH is 3. The molecule has 0 amide bonds. The van der Waals surface area contributed by atoms with Crippen LogP contribution in [0.25, 0.3) is 21.6 Å². The van der Waals surface area contributed by atoms with Crippen LogP contribution >= 0.6 is 11.3 Å². The number of hydrogen-bond donors (Lipinski definition) is 4. The van der Waals surface area contributed by atoms with Crippen LogP contribution in [0.3, 0.4) is 0 Å². The number of rotatable bonds is 3. The van der Waals surface area contributed by atoms with Crippen molar-refractivity contribution in [2.24, 2.45) is 0 Å². The van der Waals surface area contributed by atoms with Crippen molar-refractivity contribution in [2.45, 2.75) is 24.5 Å². The standard InChI is InChI=1S/C14H15N5O4S/c15-11-8-6(13-16-1-2-24-13)3-19(12(8)18-5-17-11)14-10(22)9(21)7(4-20)23-14/h1-3,5,7,9-10,14,20-22H,4H2,(H2,15,17,18)/t7-,9?,10?,14-/m1/s1. The number of nitrogens with two attached hydrogens (primary N) is 1. The van der Waals surface area contributed by atoms with E-state index in [2.05, 4.69) is 15.0 Å². The number of hydrogen-bond acceptors (Lipinski definition) is 9. The largest absolute Gasteiger partial charge is 0.394 e. The summed E-state index contributed by atoms with van der Waals surface area (Å²) in [6, 6.07) is 0. The number of aliphatic hydroxyl groups is 3. The molecule has 2 unspecified atom stereocenters. The van der Waals surface area contributed by atoms with E-state index >= 15 is 0 Å². The lowest BCUT2D eigenvalue weighted by molar-refractivity contribution is -0.0508. The monoisotopic (exact) mass is 349 g/mol. The lowest BCUT2D eigenvalue weighted by Crippen LogP contribution is -2.33. The molecule has 5 N–H and O–H groups in total. The Hall–Kier alpha value is -2.11. The molecule has 1 saturated heterocycles. The fourth-order valence-corrected chi connectivity index (χ4v) is 3.58. The second-order valence-electron chi connectivity index (χ2n) is 5.47. The van der Waals surface area contributed by atoms with E-state index in [0.717, 1.165) is 10.6 Å². The van der Waals surface area contributed by atoms with Crippen molar-refractivity contribution in [3.63, 3.8) is 0 Å². The van der Waals surface area contributed by atoms with Gasteiger partial charge in [0, 0.05) is 23.3 Å². The molecule has 0 aliphatic carbocycles. The van der Waals surface area contributed by atoms with E-state index in [0.29, 0.717) is 11.0 Å². The summed E-state index contributed by atoms with van der Waals surface area (Å²) in [5.41, 5.74) is 7.19. The predicted octanol–water partition coefficient (Wildman–Crippen LogP) is -0.252. The van der Waals surface area contributed by atoms with Crippen molar-refractivity contribution in [1.29, 1.82) is 0 Å². The molecule has 1 aliphatic rings. The third-order valence-electron chi connectivity index (χ3n) is 4.09. The summed E-state index contributed by atoms with van der Waals surface area (Å²) in [7, 11) is 0. The van der Waals surface area contributed by atoms with Crippen molar-refractivity contribution >= 4 is 28.2 Å². The smallest absolute Gasteiger partial charge is 0.164 e. The molecule has 4 rings (SSSR count). The van der Waals surface area contributed by atoms with Crippen LogP contribution in [0.5, 0.6) is 0 Å². The number of nitrogens with zero attached hydrogens (tertiary/aromatic N) is 4. The first-order chi connectivity index (χ1) is 11.6. The lowest BCUT2D eigenvalue weighted by Gasteiger charge is -2.17. The van der Waals surface area contributed by atoms with Gasteiger partial charge in [-0.1, -0.05) is 0 Å². The van der Waals surface area contributed by atoms with Crippen molar-refractivity contribution in [1.82, 2.24) is 19.5 Å². The number of fused-ring (bicyclic) bond motifs is 1. The molecule has 4 heterocycles. The minimum atomic E-state index is -1.21. The minimum Gasteiger partial charge on any atom is -0.394 e. The van der Waals surface area contributed by atoms with Crippen LogP contribution in [-0.4, -0.2) is 59.8 Å². The quantitative estimate of drug-likeness (QED) is 0.507. The van der Waals surface area contributed by atoms with Crippen LogP contribution in [0.1, 0.15) is 6.23 Å². The van der Waals surface area contributed by atoms with E-state index in [1.165, 1.54) is 17.7 Å². The Labute approximate surface area is 140 Å². The van der Waals surface area contributed by atoms with Gasteiger partial charge in [0.05, 0.1) is 12.0 Å². The molecule has 1 aliphatic heterocycles. The van der Waals surface area contributed by atoms with Gasteiger partial charge in [-0.15, -0.1) is 11.3 Å². The van der Waals surface area contributed by atoms with Gasteiger partial charge in [-0.2, -0.15) is 0 Å². The zero-order valence-electron chi connectivity index (χ0n) is 12.4. The fraction of sp³-hybridized carbons (Fsp3) is 0.357. The first-order valence-electron chi connectivity index (χ1n) is 7.25. The van der Waals surface area contributed by atoms with Crippen molar-refractivity contribution in [2.75, 3.05) is 12.3 Å². The zero-order valence-corrected chi connectivity index (χ0v) is 13.2. The number of anilines is 1. The van der Waals surface area contributed by atoms with Gasteiger partial charge in [0.2, 0.25) is 0 Å². The van der Waals surface area contributed by atoms with Gasteiger partial charge in [-0.25, -0.2) is 15.0 Å². The first-order valence-corrected chi connectivity index (χ1v) is 8.13. The third kappa shape index (κ3) is 2.19. The molecule has 9 nitrogen and oxygen atoms in total. The maximum absolute atomic E-state index is 10.3. The van der Waals surface area contributed by atoms with Crippen molar-refractivity contribution in [3.05, 3.63) is 24.1 Å². The van der Waals surface area contributed by atoms with Crippen molar-refractivity contribution < 1.29 is 20.1 Å². The van der Waals surface area contributed by atoms with Crippen LogP contribution in [0.15, 0.2) is 24.1 Å². The van der Waals surface area contributed by atoms with Crippen LogP contribution in [0, 0.1) is 0 Å². The van der Waals surface area contributed by atoms with E-state index in [1.54, 1.807) is 17.0 Å². The average Bonchev–Trinajstić information content (AvgIpc) is 3.28. The highest BCUT2D eigenvalue weighted by Crippen LogP contribution is 2.38. The highest BCUT2D eigenvalue weighted by Gasteiger charge is 2.44. The summed E-state index contributed by atoms with van der Waals surface area (Å²) in [5.74, 6) is 0.288. The zero-order chi connectivity index (χ0) is 16.8. The van der Waals surface area contributed by atoms with Gasteiger partial charge in [0.15, 0.2) is 6.23 Å². The molecule has 24 heavy (non-hydrogen) atoms. The Morgan fingerprint density at radius 1 is 1.25 bits per heavy atom. The molecule has 126 valence electrons. The second kappa shape index (κ2) is 5.76. The van der Waals surface area contributed by atoms with Crippen molar-refractivity contribution in [3.8, 4) is 10.6 Å². The maximum Gasteiger partial charge on any atom is 0.164 e. The molecule has 1 fully saturated rings. The molecule has 3 aromatic rings. The van der Waals surface area contributed by atoms with Crippen LogP contribution in [0.4, 0.5) is 5.82 Å². The fourth-order valence-electron chi connectivity index (χ4n) is 2.93. The molecular weight excluding hydrogens is 334 g/mol. The summed E-state index contributed by atoms with van der Waals surface area (Å²) in [5, 5.41) is 32.7. The first kappa shape index (κ1) is 15.4. The van der Waals surface area contributed by atoms with Gasteiger partial charge in [0.25, 0.3) is 0 Å². The average molecular weight is 349 g/mol. The topological polar surface area (TPSA) is 140 Å². The molecule has 4 atom stereocenters. The van der Waals surface area contributed by atoms with Gasteiger partial charge < -0.3 is 30.4 Å². The summed E-state index contributed by atoms with van der Waals surface area (Å²) >= 11 is 1.43. The summed E-state index contributed by atoms with van der Waals surface area (Å²) in [4.78, 5) is 12.5. The third-order valence-corrected chi connectivity index (χ3v) is 4.90. The minimum absolute atomic E-state index is 0.288. The van der Waals surface area contributed by atoms with E-state index in [-0.39, 0.29) is 5.82 Å². The van der Waals surface area contributed by atoms with E-state index in [9.17, 15) is 15.3 Å². The maximum atomic E-state index is 10.3. The Morgan fingerprint density at radius 2 is 2.08 bits per heavy atom. The normalized spacial score (nSPS) is 27.1. The number of aromatic nitrogens is 4. The van der Waals surface area contributed by atoms with Crippen LogP contribution in [0.2, 0.25) is 0 Å². The second-order valence-corrected chi connectivity index (χ2v) is 6.37. The van der Waals surface area contributed by atoms with Crippen LogP contribution < -0.4 is 5.73 Å².